The van der Waals surface area contributed by atoms with Crippen molar-refractivity contribution in [2.45, 2.75) is 45.3 Å². The molecule has 0 aliphatic carbocycles. The van der Waals surface area contributed by atoms with Gasteiger partial charge in [-0.05, 0) is 34.1 Å². The maximum absolute atomic E-state index is 11.7. The van der Waals surface area contributed by atoms with Crippen molar-refractivity contribution >= 4 is 11.9 Å². The number of hydrogen-bond acceptors (Lipinski definition) is 5. The van der Waals surface area contributed by atoms with E-state index < -0.39 is 23.0 Å². The standard InChI is InChI=1S/C11H22N2O4/c1-10(2,3)17-9(16)11(4,12)8(15)13-6-5-7-14/h14H,5-7,12H2,1-4H3,(H,13,15)/t11-/m1/s1. The Morgan fingerprint density at radius 1 is 1.29 bits per heavy atom. The molecule has 0 unspecified atom stereocenters. The molecule has 0 aromatic rings. The number of carbonyl (C=O) groups is 2. The van der Waals surface area contributed by atoms with E-state index in [4.69, 9.17) is 15.6 Å². The van der Waals surface area contributed by atoms with Crippen LogP contribution in [-0.2, 0) is 14.3 Å². The lowest BCUT2D eigenvalue weighted by Crippen LogP contribution is -2.59. The van der Waals surface area contributed by atoms with Crippen molar-refractivity contribution in [3.05, 3.63) is 0 Å². The lowest BCUT2D eigenvalue weighted by molar-refractivity contribution is -0.163. The first kappa shape index (κ1) is 15.9. The summed E-state index contributed by atoms with van der Waals surface area (Å²) in [6.07, 6.45) is 0.413. The van der Waals surface area contributed by atoms with Crippen LogP contribution in [0.1, 0.15) is 34.1 Å². The molecule has 0 aliphatic heterocycles. The van der Waals surface area contributed by atoms with Gasteiger partial charge in [-0.25, -0.2) is 4.79 Å². The third kappa shape index (κ3) is 5.65. The van der Waals surface area contributed by atoms with Gasteiger partial charge in [-0.3, -0.25) is 4.79 Å². The van der Waals surface area contributed by atoms with Gasteiger partial charge in [-0.2, -0.15) is 0 Å². The Labute approximate surface area is 102 Å². The molecule has 0 saturated carbocycles. The van der Waals surface area contributed by atoms with E-state index in [9.17, 15) is 9.59 Å². The number of aliphatic hydroxyl groups is 1. The lowest BCUT2D eigenvalue weighted by Gasteiger charge is -2.27. The number of amides is 1. The number of nitrogens with one attached hydrogen (secondary N) is 1. The van der Waals surface area contributed by atoms with Crippen molar-refractivity contribution < 1.29 is 19.4 Å². The molecule has 1 atom stereocenters. The molecule has 17 heavy (non-hydrogen) atoms. The highest BCUT2D eigenvalue weighted by Gasteiger charge is 2.40. The third-order valence-electron chi connectivity index (χ3n) is 1.92. The topological polar surface area (TPSA) is 102 Å². The summed E-state index contributed by atoms with van der Waals surface area (Å²) in [4.78, 5) is 23.3. The molecule has 0 saturated heterocycles. The molecule has 0 bridgehead atoms. The number of aliphatic hydroxyl groups excluding tert-OH is 1. The van der Waals surface area contributed by atoms with Crippen molar-refractivity contribution in [3.63, 3.8) is 0 Å². The van der Waals surface area contributed by atoms with Crippen molar-refractivity contribution in [1.82, 2.24) is 5.32 Å². The first-order valence-electron chi connectivity index (χ1n) is 5.52. The molecule has 1 amide bonds. The summed E-state index contributed by atoms with van der Waals surface area (Å²) in [6, 6.07) is 0. The Kier molecular flexibility index (Phi) is 5.57. The minimum atomic E-state index is -1.72. The molecule has 0 fully saturated rings. The quantitative estimate of drug-likeness (QED) is 0.346. The normalized spacial score (nSPS) is 14.9. The van der Waals surface area contributed by atoms with Crippen molar-refractivity contribution in [3.8, 4) is 0 Å². The first-order valence-corrected chi connectivity index (χ1v) is 5.52. The Hall–Kier alpha value is -1.14. The van der Waals surface area contributed by atoms with Gasteiger partial charge in [0.05, 0.1) is 0 Å². The van der Waals surface area contributed by atoms with Crippen LogP contribution in [0.2, 0.25) is 0 Å². The highest BCUT2D eigenvalue weighted by Crippen LogP contribution is 2.12. The number of nitrogens with two attached hydrogens (primary N) is 1. The summed E-state index contributed by atoms with van der Waals surface area (Å²) in [5, 5.41) is 11.0. The van der Waals surface area contributed by atoms with Crippen LogP contribution in [-0.4, -0.2) is 41.3 Å². The number of carbonyl (C=O) groups excluding carboxylic acids is 2. The molecule has 4 N–H and O–H groups in total. The van der Waals surface area contributed by atoms with E-state index in [0.717, 1.165) is 0 Å². The fraction of sp³-hybridized carbons (Fsp3) is 0.818. The fourth-order valence-electron chi connectivity index (χ4n) is 0.941. The Bertz CT molecular complexity index is 282. The van der Waals surface area contributed by atoms with Gasteiger partial charge in [0.1, 0.15) is 5.60 Å². The molecule has 6 nitrogen and oxygen atoms in total. The molecule has 0 aromatic carbocycles. The molecule has 0 aromatic heterocycles. The number of esters is 1. The highest BCUT2D eigenvalue weighted by atomic mass is 16.6. The van der Waals surface area contributed by atoms with Gasteiger partial charge in [-0.1, -0.05) is 0 Å². The van der Waals surface area contributed by atoms with Gasteiger partial charge in [0, 0.05) is 13.2 Å². The molecule has 100 valence electrons. The highest BCUT2D eigenvalue weighted by molar-refractivity contribution is 6.06. The monoisotopic (exact) mass is 246 g/mol. The van der Waals surface area contributed by atoms with Gasteiger partial charge in [0.15, 0.2) is 5.54 Å². The Balaban J connectivity index is 4.44. The predicted octanol–water partition coefficient (Wildman–Crippen LogP) is -0.456. The molecule has 0 rings (SSSR count). The van der Waals surface area contributed by atoms with Crippen LogP contribution < -0.4 is 11.1 Å². The number of ether oxygens (including phenoxy) is 1. The van der Waals surface area contributed by atoms with E-state index in [1.54, 1.807) is 20.8 Å². The van der Waals surface area contributed by atoms with Crippen LogP contribution in [0.25, 0.3) is 0 Å². The van der Waals surface area contributed by atoms with Gasteiger partial charge < -0.3 is 20.9 Å². The van der Waals surface area contributed by atoms with Gasteiger partial charge in [0.25, 0.3) is 5.91 Å². The van der Waals surface area contributed by atoms with Crippen LogP contribution in [0.5, 0.6) is 0 Å². The second-order valence-electron chi connectivity index (χ2n) is 5.04. The van der Waals surface area contributed by atoms with E-state index in [0.29, 0.717) is 6.42 Å². The second-order valence-corrected chi connectivity index (χ2v) is 5.04. The van der Waals surface area contributed by atoms with Gasteiger partial charge >= 0.3 is 5.97 Å². The van der Waals surface area contributed by atoms with E-state index in [1.165, 1.54) is 6.92 Å². The SMILES string of the molecule is CC(C)(C)OC(=O)[C@](C)(N)C(=O)NCCCO. The Morgan fingerprint density at radius 2 is 1.82 bits per heavy atom. The number of hydrogen-bond donors (Lipinski definition) is 3. The average Bonchev–Trinajstić information content (AvgIpc) is 2.15. The number of rotatable bonds is 5. The molecular formula is C11H22N2O4. The zero-order chi connectivity index (χ0) is 13.7. The Morgan fingerprint density at radius 3 is 2.24 bits per heavy atom. The maximum atomic E-state index is 11.7. The van der Waals surface area contributed by atoms with Crippen LogP contribution in [0.3, 0.4) is 0 Å². The van der Waals surface area contributed by atoms with E-state index in [1.807, 2.05) is 0 Å². The molecule has 6 heteroatoms. The fourth-order valence-corrected chi connectivity index (χ4v) is 0.941. The minimum Gasteiger partial charge on any atom is -0.458 e. The van der Waals surface area contributed by atoms with Crippen molar-refractivity contribution in [2.24, 2.45) is 5.73 Å². The predicted molar refractivity (Wildman–Crippen MR) is 63.1 cm³/mol. The largest absolute Gasteiger partial charge is 0.458 e. The zero-order valence-electron chi connectivity index (χ0n) is 10.9. The molecular weight excluding hydrogens is 224 g/mol. The minimum absolute atomic E-state index is 0.0337. The lowest BCUT2D eigenvalue weighted by atomic mass is 10.0. The smallest absolute Gasteiger partial charge is 0.336 e. The van der Waals surface area contributed by atoms with E-state index >= 15 is 0 Å². The van der Waals surface area contributed by atoms with Crippen LogP contribution in [0.15, 0.2) is 0 Å². The summed E-state index contributed by atoms with van der Waals surface area (Å²) in [5.41, 5.74) is 3.23. The van der Waals surface area contributed by atoms with Gasteiger partial charge in [0.2, 0.25) is 0 Å². The molecule has 0 spiro atoms. The van der Waals surface area contributed by atoms with Crippen LogP contribution in [0.4, 0.5) is 0 Å². The van der Waals surface area contributed by atoms with Gasteiger partial charge in [-0.15, -0.1) is 0 Å². The van der Waals surface area contributed by atoms with E-state index in [2.05, 4.69) is 5.32 Å². The molecule has 0 aliphatic rings. The molecule has 0 radical (unpaired) electrons. The average molecular weight is 246 g/mol. The second kappa shape index (κ2) is 5.97. The first-order chi connectivity index (χ1) is 7.61. The summed E-state index contributed by atoms with van der Waals surface area (Å²) < 4.78 is 5.06. The summed E-state index contributed by atoms with van der Waals surface area (Å²) in [7, 11) is 0. The van der Waals surface area contributed by atoms with Crippen molar-refractivity contribution in [1.29, 1.82) is 0 Å². The van der Waals surface area contributed by atoms with Crippen LogP contribution >= 0.6 is 0 Å². The van der Waals surface area contributed by atoms with E-state index in [-0.39, 0.29) is 13.2 Å². The maximum Gasteiger partial charge on any atom is 0.336 e. The van der Waals surface area contributed by atoms with Crippen LogP contribution in [0, 0.1) is 0 Å². The summed E-state index contributed by atoms with van der Waals surface area (Å²) in [6.45, 7) is 6.63. The summed E-state index contributed by atoms with van der Waals surface area (Å²) in [5.74, 6) is -1.38. The zero-order valence-corrected chi connectivity index (χ0v) is 10.9. The summed E-state index contributed by atoms with van der Waals surface area (Å²) >= 11 is 0. The third-order valence-corrected chi connectivity index (χ3v) is 1.92. The molecule has 0 heterocycles. The van der Waals surface area contributed by atoms with Crippen molar-refractivity contribution in [2.75, 3.05) is 13.2 Å².